The van der Waals surface area contributed by atoms with Crippen LogP contribution in [0.15, 0.2) is 54.6 Å². The van der Waals surface area contributed by atoms with E-state index in [0.717, 1.165) is 17.7 Å². The number of anilines is 1. The molecule has 3 rings (SSSR count). The van der Waals surface area contributed by atoms with E-state index < -0.39 is 6.10 Å². The number of carbonyl (C=O) groups excluding carboxylic acids is 1. The van der Waals surface area contributed by atoms with Crippen molar-refractivity contribution in [1.29, 1.82) is 5.26 Å². The van der Waals surface area contributed by atoms with Crippen molar-refractivity contribution in [3.05, 3.63) is 65.7 Å². The number of nitriles is 1. The number of carbonyl (C=O) groups is 1. The van der Waals surface area contributed by atoms with Gasteiger partial charge < -0.3 is 10.0 Å². The number of hydrogen-bond donors (Lipinski definition) is 1. The van der Waals surface area contributed by atoms with Crippen LogP contribution in [0.4, 0.5) is 5.69 Å². The molecule has 25 heavy (non-hydrogen) atoms. The van der Waals surface area contributed by atoms with Gasteiger partial charge >= 0.3 is 0 Å². The first-order valence-corrected chi connectivity index (χ1v) is 8.35. The van der Waals surface area contributed by atoms with Crippen LogP contribution in [0, 0.1) is 11.3 Å². The van der Waals surface area contributed by atoms with Crippen molar-refractivity contribution in [2.24, 2.45) is 0 Å². The van der Waals surface area contributed by atoms with Gasteiger partial charge in [-0.3, -0.25) is 9.69 Å². The summed E-state index contributed by atoms with van der Waals surface area (Å²) in [5.74, 6) is 0.0701. The summed E-state index contributed by atoms with van der Waals surface area (Å²) in [5, 5.41) is 19.3. The molecule has 1 amide bonds. The molecule has 1 saturated heterocycles. The summed E-state index contributed by atoms with van der Waals surface area (Å²) in [5.41, 5.74) is 2.22. The third-order valence-corrected chi connectivity index (χ3v) is 4.66. The van der Waals surface area contributed by atoms with Gasteiger partial charge in [0.05, 0.1) is 23.8 Å². The van der Waals surface area contributed by atoms with Crippen LogP contribution in [0.1, 0.15) is 23.7 Å². The fourth-order valence-electron chi connectivity index (χ4n) is 3.22. The highest BCUT2D eigenvalue weighted by Crippen LogP contribution is 2.25. The van der Waals surface area contributed by atoms with Gasteiger partial charge in [0.2, 0.25) is 5.91 Å². The Morgan fingerprint density at radius 2 is 1.92 bits per heavy atom. The van der Waals surface area contributed by atoms with Crippen molar-refractivity contribution < 1.29 is 9.90 Å². The number of likely N-dealkylation sites (N-methyl/N-ethyl adjacent to an activating group) is 1. The lowest BCUT2D eigenvalue weighted by Crippen LogP contribution is -2.41. The van der Waals surface area contributed by atoms with Crippen LogP contribution in [0.2, 0.25) is 0 Å². The Hall–Kier alpha value is -2.68. The highest BCUT2D eigenvalue weighted by Gasteiger charge is 2.35. The maximum absolute atomic E-state index is 12.7. The topological polar surface area (TPSA) is 67.6 Å². The van der Waals surface area contributed by atoms with Gasteiger partial charge in [0.1, 0.15) is 0 Å². The number of hydrogen-bond acceptors (Lipinski definition) is 4. The number of nitrogens with zero attached hydrogens (tertiary/aromatic N) is 3. The standard InChI is InChI=1S/C20H21N3O2/c1-22(14-19(24)16-9-7-15(13-21)8-10-16)18-11-12-23(20(18)25)17-5-3-2-4-6-17/h2-10,18-19,24H,11-12,14H2,1H3/t18-,19+/m0/s1. The van der Waals surface area contributed by atoms with Crippen LogP contribution >= 0.6 is 0 Å². The largest absolute Gasteiger partial charge is 0.387 e. The Morgan fingerprint density at radius 1 is 1.24 bits per heavy atom. The molecule has 5 heteroatoms. The number of para-hydroxylation sites is 1. The summed E-state index contributed by atoms with van der Waals surface area (Å²) in [6.07, 6.45) is 0.0425. The molecule has 5 nitrogen and oxygen atoms in total. The van der Waals surface area contributed by atoms with Crippen molar-refractivity contribution >= 4 is 11.6 Å². The Balaban J connectivity index is 1.64. The van der Waals surface area contributed by atoms with E-state index in [1.165, 1.54) is 0 Å². The number of rotatable bonds is 5. The van der Waals surface area contributed by atoms with Crippen LogP contribution in [0.25, 0.3) is 0 Å². The van der Waals surface area contributed by atoms with E-state index in [9.17, 15) is 9.90 Å². The molecule has 2 aromatic carbocycles. The molecular weight excluding hydrogens is 314 g/mol. The molecule has 2 aromatic rings. The molecule has 0 unspecified atom stereocenters. The Morgan fingerprint density at radius 3 is 2.56 bits per heavy atom. The second kappa shape index (κ2) is 7.47. The predicted molar refractivity (Wildman–Crippen MR) is 95.9 cm³/mol. The third-order valence-electron chi connectivity index (χ3n) is 4.66. The quantitative estimate of drug-likeness (QED) is 0.911. The van der Waals surface area contributed by atoms with E-state index in [0.29, 0.717) is 18.7 Å². The van der Waals surface area contributed by atoms with E-state index in [1.54, 1.807) is 29.2 Å². The molecule has 0 saturated carbocycles. The third kappa shape index (κ3) is 3.71. The minimum atomic E-state index is -0.698. The fourth-order valence-corrected chi connectivity index (χ4v) is 3.22. The van der Waals surface area contributed by atoms with E-state index in [2.05, 4.69) is 6.07 Å². The second-order valence-electron chi connectivity index (χ2n) is 6.32. The molecule has 0 radical (unpaired) electrons. The Kier molecular flexibility index (Phi) is 5.13. The van der Waals surface area contributed by atoms with Gasteiger partial charge in [-0.1, -0.05) is 30.3 Å². The molecule has 0 bridgehead atoms. The summed E-state index contributed by atoms with van der Waals surface area (Å²) in [6, 6.07) is 18.4. The molecule has 1 aliphatic rings. The molecule has 1 aliphatic heterocycles. The number of benzene rings is 2. The fraction of sp³-hybridized carbons (Fsp3) is 0.300. The predicted octanol–water partition coefficient (Wildman–Crippen LogP) is 2.33. The van der Waals surface area contributed by atoms with Gasteiger partial charge in [-0.05, 0) is 43.3 Å². The first-order valence-electron chi connectivity index (χ1n) is 8.35. The lowest BCUT2D eigenvalue weighted by atomic mass is 10.1. The van der Waals surface area contributed by atoms with Crippen molar-refractivity contribution in [1.82, 2.24) is 4.90 Å². The highest BCUT2D eigenvalue weighted by atomic mass is 16.3. The van der Waals surface area contributed by atoms with Gasteiger partial charge in [-0.25, -0.2) is 0 Å². The molecule has 1 heterocycles. The summed E-state index contributed by atoms with van der Waals surface area (Å²) in [7, 11) is 1.87. The SMILES string of the molecule is CN(C[C@@H](O)c1ccc(C#N)cc1)[C@H]1CCN(c2ccccc2)C1=O. The van der Waals surface area contributed by atoms with Gasteiger partial charge in [0.15, 0.2) is 0 Å². The summed E-state index contributed by atoms with van der Waals surface area (Å²) >= 11 is 0. The van der Waals surface area contributed by atoms with Crippen LogP contribution < -0.4 is 4.90 Å². The van der Waals surface area contributed by atoms with Gasteiger partial charge in [0, 0.05) is 18.8 Å². The van der Waals surface area contributed by atoms with Gasteiger partial charge in [-0.2, -0.15) is 5.26 Å². The van der Waals surface area contributed by atoms with E-state index >= 15 is 0 Å². The maximum Gasteiger partial charge on any atom is 0.244 e. The Bertz CT molecular complexity index is 768. The van der Waals surface area contributed by atoms with Crippen LogP contribution in [0.5, 0.6) is 0 Å². The molecule has 128 valence electrons. The van der Waals surface area contributed by atoms with Crippen molar-refractivity contribution in [2.45, 2.75) is 18.6 Å². The minimum Gasteiger partial charge on any atom is -0.387 e. The average Bonchev–Trinajstić information content (AvgIpc) is 3.04. The zero-order chi connectivity index (χ0) is 17.8. The molecule has 0 spiro atoms. The van der Waals surface area contributed by atoms with Gasteiger partial charge in [0.25, 0.3) is 0 Å². The maximum atomic E-state index is 12.7. The zero-order valence-corrected chi connectivity index (χ0v) is 14.2. The van der Waals surface area contributed by atoms with E-state index in [1.807, 2.05) is 42.3 Å². The number of amides is 1. The van der Waals surface area contributed by atoms with Crippen molar-refractivity contribution in [2.75, 3.05) is 25.0 Å². The minimum absolute atomic E-state index is 0.0701. The second-order valence-corrected chi connectivity index (χ2v) is 6.32. The normalized spacial score (nSPS) is 18.4. The zero-order valence-electron chi connectivity index (χ0n) is 14.2. The van der Waals surface area contributed by atoms with Crippen LogP contribution in [-0.2, 0) is 4.79 Å². The van der Waals surface area contributed by atoms with Crippen molar-refractivity contribution in [3.63, 3.8) is 0 Å². The van der Waals surface area contributed by atoms with E-state index in [-0.39, 0.29) is 11.9 Å². The molecule has 0 aromatic heterocycles. The van der Waals surface area contributed by atoms with Gasteiger partial charge in [-0.15, -0.1) is 0 Å². The lowest BCUT2D eigenvalue weighted by Gasteiger charge is -2.26. The molecular formula is C20H21N3O2. The number of aliphatic hydroxyl groups excluding tert-OH is 1. The Labute approximate surface area is 147 Å². The highest BCUT2D eigenvalue weighted by molar-refractivity contribution is 5.99. The lowest BCUT2D eigenvalue weighted by molar-refractivity contribution is -0.121. The molecule has 2 atom stereocenters. The summed E-state index contributed by atoms with van der Waals surface area (Å²) in [6.45, 7) is 1.05. The first kappa shape index (κ1) is 17.2. The van der Waals surface area contributed by atoms with E-state index in [4.69, 9.17) is 5.26 Å². The number of aliphatic hydroxyl groups is 1. The first-order chi connectivity index (χ1) is 12.1. The molecule has 0 aliphatic carbocycles. The molecule has 1 fully saturated rings. The van der Waals surface area contributed by atoms with Crippen LogP contribution in [-0.4, -0.2) is 42.1 Å². The monoisotopic (exact) mass is 335 g/mol. The van der Waals surface area contributed by atoms with Crippen LogP contribution in [0.3, 0.4) is 0 Å². The smallest absolute Gasteiger partial charge is 0.244 e. The summed E-state index contributed by atoms with van der Waals surface area (Å²) in [4.78, 5) is 16.4. The molecule has 1 N–H and O–H groups in total. The van der Waals surface area contributed by atoms with Crippen molar-refractivity contribution in [3.8, 4) is 6.07 Å². The average molecular weight is 335 g/mol. The summed E-state index contributed by atoms with van der Waals surface area (Å²) < 4.78 is 0.